The molecule has 0 nitrogen and oxygen atoms in total. The zero-order valence-corrected chi connectivity index (χ0v) is 8.23. The van der Waals surface area contributed by atoms with Gasteiger partial charge in [0, 0.05) is 5.75 Å². The third-order valence-electron chi connectivity index (χ3n) is 2.48. The monoisotopic (exact) mass is 178 g/mol. The SMILES string of the molecule is Cc1ccc(C2CCSC2)cc1. The third kappa shape index (κ3) is 1.66. The minimum absolute atomic E-state index is 0.829. The van der Waals surface area contributed by atoms with Crippen LogP contribution in [0.3, 0.4) is 0 Å². The fourth-order valence-corrected chi connectivity index (χ4v) is 2.90. The summed E-state index contributed by atoms with van der Waals surface area (Å²) in [6, 6.07) is 9.01. The van der Waals surface area contributed by atoms with Crippen LogP contribution in [-0.2, 0) is 0 Å². The fourth-order valence-electron chi connectivity index (χ4n) is 1.64. The highest BCUT2D eigenvalue weighted by Gasteiger charge is 2.16. The molecule has 0 aliphatic carbocycles. The number of aryl methyl sites for hydroxylation is 1. The smallest absolute Gasteiger partial charge is 0.000177 e. The van der Waals surface area contributed by atoms with Crippen molar-refractivity contribution in [2.24, 2.45) is 0 Å². The summed E-state index contributed by atoms with van der Waals surface area (Å²) in [5, 5.41) is 0. The van der Waals surface area contributed by atoms with Gasteiger partial charge in [0.25, 0.3) is 0 Å². The predicted octanol–water partition coefficient (Wildman–Crippen LogP) is 3.22. The van der Waals surface area contributed by atoms with Gasteiger partial charge in [-0.2, -0.15) is 11.8 Å². The lowest BCUT2D eigenvalue weighted by Gasteiger charge is -2.07. The summed E-state index contributed by atoms with van der Waals surface area (Å²) in [5.41, 5.74) is 2.90. The molecule has 1 aliphatic rings. The maximum absolute atomic E-state index is 2.28. The Morgan fingerprint density at radius 3 is 2.58 bits per heavy atom. The lowest BCUT2D eigenvalue weighted by molar-refractivity contribution is 0.782. The molecule has 0 radical (unpaired) electrons. The molecule has 12 heavy (non-hydrogen) atoms. The van der Waals surface area contributed by atoms with Crippen molar-refractivity contribution in [3.63, 3.8) is 0 Å². The quantitative estimate of drug-likeness (QED) is 0.636. The lowest BCUT2D eigenvalue weighted by Crippen LogP contribution is -1.95. The molecule has 0 bridgehead atoms. The van der Waals surface area contributed by atoms with Crippen molar-refractivity contribution < 1.29 is 0 Å². The number of hydrogen-bond donors (Lipinski definition) is 0. The summed E-state index contributed by atoms with van der Waals surface area (Å²) in [6.07, 6.45) is 1.37. The van der Waals surface area contributed by atoms with Gasteiger partial charge in [0.2, 0.25) is 0 Å². The van der Waals surface area contributed by atoms with E-state index in [2.05, 4.69) is 43.0 Å². The molecule has 1 heterocycles. The second-order valence-electron chi connectivity index (χ2n) is 3.47. The van der Waals surface area contributed by atoms with E-state index in [-0.39, 0.29) is 0 Å². The van der Waals surface area contributed by atoms with Crippen LogP contribution >= 0.6 is 11.8 Å². The van der Waals surface area contributed by atoms with Crippen LogP contribution in [0.2, 0.25) is 0 Å². The highest BCUT2D eigenvalue weighted by molar-refractivity contribution is 7.99. The summed E-state index contributed by atoms with van der Waals surface area (Å²) in [4.78, 5) is 0. The number of hydrogen-bond acceptors (Lipinski definition) is 1. The average molecular weight is 178 g/mol. The molecule has 0 spiro atoms. The summed E-state index contributed by atoms with van der Waals surface area (Å²) < 4.78 is 0. The first-order valence-electron chi connectivity index (χ1n) is 4.50. The Labute approximate surface area is 78.4 Å². The first-order valence-corrected chi connectivity index (χ1v) is 5.66. The first-order chi connectivity index (χ1) is 5.86. The van der Waals surface area contributed by atoms with Crippen molar-refractivity contribution in [3.8, 4) is 0 Å². The molecule has 0 amide bonds. The fraction of sp³-hybridized carbons (Fsp3) is 0.455. The molecule has 1 heteroatoms. The zero-order chi connectivity index (χ0) is 8.39. The maximum atomic E-state index is 2.28. The molecule has 1 fully saturated rings. The Morgan fingerprint density at radius 1 is 1.25 bits per heavy atom. The Kier molecular flexibility index (Phi) is 2.40. The molecular formula is C11H14S. The van der Waals surface area contributed by atoms with Crippen LogP contribution in [0.25, 0.3) is 0 Å². The summed E-state index contributed by atoms with van der Waals surface area (Å²) in [6.45, 7) is 2.15. The van der Waals surface area contributed by atoms with Gasteiger partial charge in [-0.05, 0) is 30.6 Å². The second kappa shape index (κ2) is 3.53. The van der Waals surface area contributed by atoms with Gasteiger partial charge in [0.05, 0.1) is 0 Å². The van der Waals surface area contributed by atoms with Crippen LogP contribution in [0.1, 0.15) is 23.5 Å². The van der Waals surface area contributed by atoms with Gasteiger partial charge in [-0.25, -0.2) is 0 Å². The van der Waals surface area contributed by atoms with Crippen LogP contribution in [0.15, 0.2) is 24.3 Å². The third-order valence-corrected chi connectivity index (χ3v) is 3.64. The van der Waals surface area contributed by atoms with Crippen molar-refractivity contribution in [1.29, 1.82) is 0 Å². The van der Waals surface area contributed by atoms with E-state index in [0.29, 0.717) is 0 Å². The molecule has 2 rings (SSSR count). The van der Waals surface area contributed by atoms with Gasteiger partial charge in [0.1, 0.15) is 0 Å². The van der Waals surface area contributed by atoms with E-state index >= 15 is 0 Å². The maximum Gasteiger partial charge on any atom is 0.000177 e. The van der Waals surface area contributed by atoms with Gasteiger partial charge in [-0.1, -0.05) is 29.8 Å². The molecular weight excluding hydrogens is 164 g/mol. The molecule has 0 aromatic heterocycles. The second-order valence-corrected chi connectivity index (χ2v) is 4.62. The highest BCUT2D eigenvalue weighted by Crippen LogP contribution is 2.32. The standard InChI is InChI=1S/C11H14S/c1-9-2-4-10(5-3-9)11-6-7-12-8-11/h2-5,11H,6-8H2,1H3. The van der Waals surface area contributed by atoms with E-state index in [1.807, 2.05) is 0 Å². The summed E-state index contributed by atoms with van der Waals surface area (Å²) >= 11 is 2.08. The van der Waals surface area contributed by atoms with E-state index < -0.39 is 0 Å². The molecule has 1 unspecified atom stereocenters. The van der Waals surface area contributed by atoms with Crippen LogP contribution in [0.5, 0.6) is 0 Å². The van der Waals surface area contributed by atoms with E-state index in [1.54, 1.807) is 0 Å². The number of thioether (sulfide) groups is 1. The Morgan fingerprint density at radius 2 is 2.00 bits per heavy atom. The number of benzene rings is 1. The molecule has 1 aromatic rings. The van der Waals surface area contributed by atoms with Crippen LogP contribution in [0, 0.1) is 6.92 Å². The van der Waals surface area contributed by atoms with Crippen molar-refractivity contribution in [2.75, 3.05) is 11.5 Å². The lowest BCUT2D eigenvalue weighted by atomic mass is 9.98. The molecule has 1 saturated heterocycles. The summed E-state index contributed by atoms with van der Waals surface area (Å²) in [7, 11) is 0. The topological polar surface area (TPSA) is 0 Å². The molecule has 0 N–H and O–H groups in total. The normalized spacial score (nSPS) is 22.9. The van der Waals surface area contributed by atoms with E-state index in [0.717, 1.165) is 5.92 Å². The zero-order valence-electron chi connectivity index (χ0n) is 7.42. The van der Waals surface area contributed by atoms with Gasteiger partial charge in [-0.15, -0.1) is 0 Å². The van der Waals surface area contributed by atoms with E-state index in [9.17, 15) is 0 Å². The summed E-state index contributed by atoms with van der Waals surface area (Å²) in [5.74, 6) is 3.50. The highest BCUT2D eigenvalue weighted by atomic mass is 32.2. The van der Waals surface area contributed by atoms with Crippen molar-refractivity contribution in [2.45, 2.75) is 19.3 Å². The van der Waals surface area contributed by atoms with Gasteiger partial charge in [0.15, 0.2) is 0 Å². The van der Waals surface area contributed by atoms with Gasteiger partial charge in [-0.3, -0.25) is 0 Å². The Balaban J connectivity index is 2.17. The van der Waals surface area contributed by atoms with Crippen molar-refractivity contribution in [3.05, 3.63) is 35.4 Å². The first kappa shape index (κ1) is 8.18. The van der Waals surface area contributed by atoms with Gasteiger partial charge >= 0.3 is 0 Å². The Bertz CT molecular complexity index is 244. The molecule has 1 atom stereocenters. The van der Waals surface area contributed by atoms with E-state index in [1.165, 1.54) is 29.1 Å². The van der Waals surface area contributed by atoms with Crippen molar-refractivity contribution in [1.82, 2.24) is 0 Å². The minimum Gasteiger partial charge on any atom is -0.161 e. The number of rotatable bonds is 1. The Hall–Kier alpha value is -0.430. The predicted molar refractivity (Wildman–Crippen MR) is 55.9 cm³/mol. The van der Waals surface area contributed by atoms with Crippen molar-refractivity contribution >= 4 is 11.8 Å². The molecule has 64 valence electrons. The molecule has 1 aliphatic heterocycles. The minimum atomic E-state index is 0.829. The van der Waals surface area contributed by atoms with Gasteiger partial charge < -0.3 is 0 Å². The average Bonchev–Trinajstić information content (AvgIpc) is 2.58. The van der Waals surface area contributed by atoms with E-state index in [4.69, 9.17) is 0 Å². The molecule has 0 saturated carbocycles. The van der Waals surface area contributed by atoms with Crippen LogP contribution in [0.4, 0.5) is 0 Å². The van der Waals surface area contributed by atoms with Crippen LogP contribution < -0.4 is 0 Å². The largest absolute Gasteiger partial charge is 0.161 e. The van der Waals surface area contributed by atoms with Crippen LogP contribution in [-0.4, -0.2) is 11.5 Å². The molecule has 1 aromatic carbocycles.